The molecular weight excluding hydrogens is 332 g/mol. The average molecular weight is 354 g/mol. The minimum Gasteiger partial charge on any atom is -0.479 e. The smallest absolute Gasteiger partial charge is 0.335 e. The lowest BCUT2D eigenvalue weighted by Gasteiger charge is -2.45. The van der Waals surface area contributed by atoms with Crippen LogP contribution >= 0.6 is 0 Å². The van der Waals surface area contributed by atoms with Gasteiger partial charge in [-0.1, -0.05) is 0 Å². The van der Waals surface area contributed by atoms with Crippen molar-refractivity contribution in [3.05, 3.63) is 0 Å². The van der Waals surface area contributed by atoms with E-state index in [1.807, 2.05) is 0 Å². The standard InChI is InChI=1S/C12H22N2O10/c13-3-6(17)8(2(1-15)22-11(3)21)23-12-4(14)5(16)7(18)9(24-12)10(19)20/h2-9,11-12,15-18,21H,1,13-14H2,(H,19,20)/t2-,3-,4-,5-,6-,7+,8-,9+,11?,12-/m1/s1. The van der Waals surface area contributed by atoms with Gasteiger partial charge in [0.15, 0.2) is 18.7 Å². The number of hydrogen-bond donors (Lipinski definition) is 8. The number of carboxylic acid groups (broad SMARTS) is 1. The van der Waals surface area contributed by atoms with Gasteiger partial charge in [-0.15, -0.1) is 0 Å². The number of aliphatic hydroxyl groups is 5. The van der Waals surface area contributed by atoms with Crippen LogP contribution in [0.3, 0.4) is 0 Å². The maximum absolute atomic E-state index is 11.1. The Morgan fingerprint density at radius 3 is 2.17 bits per heavy atom. The number of rotatable bonds is 4. The lowest BCUT2D eigenvalue weighted by Crippen LogP contribution is -2.67. The topological polar surface area (TPSA) is 218 Å². The molecule has 0 bridgehead atoms. The van der Waals surface area contributed by atoms with Gasteiger partial charge < -0.3 is 56.3 Å². The molecule has 0 amide bonds. The summed E-state index contributed by atoms with van der Waals surface area (Å²) >= 11 is 0. The largest absolute Gasteiger partial charge is 0.479 e. The summed E-state index contributed by atoms with van der Waals surface area (Å²) in [4.78, 5) is 11.1. The van der Waals surface area contributed by atoms with E-state index in [9.17, 15) is 30.3 Å². The summed E-state index contributed by atoms with van der Waals surface area (Å²) in [5, 5.41) is 57.4. The van der Waals surface area contributed by atoms with Crippen molar-refractivity contribution in [3.8, 4) is 0 Å². The Hall–Kier alpha value is -0.930. The number of ether oxygens (including phenoxy) is 3. The molecule has 0 spiro atoms. The third-order valence-corrected chi connectivity index (χ3v) is 4.10. The quantitative estimate of drug-likeness (QED) is 0.237. The van der Waals surface area contributed by atoms with Gasteiger partial charge in [-0.2, -0.15) is 0 Å². The number of aliphatic carboxylic acids is 1. The van der Waals surface area contributed by atoms with Crippen LogP contribution in [-0.4, -0.2) is 105 Å². The highest BCUT2D eigenvalue weighted by Crippen LogP contribution is 2.27. The van der Waals surface area contributed by atoms with E-state index in [0.717, 1.165) is 0 Å². The van der Waals surface area contributed by atoms with Crippen molar-refractivity contribution in [2.24, 2.45) is 11.5 Å². The van der Waals surface area contributed by atoms with E-state index >= 15 is 0 Å². The van der Waals surface area contributed by atoms with Crippen LogP contribution in [0.4, 0.5) is 0 Å². The number of carboxylic acids is 1. The minimum atomic E-state index is -1.81. The molecule has 10 N–H and O–H groups in total. The third-order valence-electron chi connectivity index (χ3n) is 4.10. The summed E-state index contributed by atoms with van der Waals surface area (Å²) in [6.45, 7) is -0.652. The van der Waals surface area contributed by atoms with Gasteiger partial charge in [0.1, 0.15) is 30.5 Å². The van der Waals surface area contributed by atoms with Crippen molar-refractivity contribution in [2.75, 3.05) is 6.61 Å². The van der Waals surface area contributed by atoms with Crippen LogP contribution in [0.2, 0.25) is 0 Å². The first-order chi connectivity index (χ1) is 11.2. The molecule has 1 unspecified atom stereocenters. The fourth-order valence-corrected chi connectivity index (χ4v) is 2.64. The third kappa shape index (κ3) is 3.52. The van der Waals surface area contributed by atoms with Crippen molar-refractivity contribution in [1.82, 2.24) is 0 Å². The maximum atomic E-state index is 11.1. The monoisotopic (exact) mass is 354 g/mol. The van der Waals surface area contributed by atoms with E-state index in [0.29, 0.717) is 0 Å². The fraction of sp³-hybridized carbons (Fsp3) is 0.917. The Balaban J connectivity index is 2.16. The second-order valence-electron chi connectivity index (χ2n) is 5.74. The van der Waals surface area contributed by atoms with E-state index in [2.05, 4.69) is 0 Å². The van der Waals surface area contributed by atoms with Gasteiger partial charge in [0.05, 0.1) is 18.7 Å². The highest BCUT2D eigenvalue weighted by Gasteiger charge is 2.50. The zero-order valence-electron chi connectivity index (χ0n) is 12.5. The fourth-order valence-electron chi connectivity index (χ4n) is 2.64. The molecule has 2 rings (SSSR count). The molecule has 0 aromatic heterocycles. The molecule has 2 heterocycles. The first-order valence-corrected chi connectivity index (χ1v) is 7.22. The number of aliphatic hydroxyl groups excluding tert-OH is 5. The van der Waals surface area contributed by atoms with Crippen LogP contribution < -0.4 is 11.5 Å². The Labute approximate surface area is 136 Å². The molecular formula is C12H22N2O10. The van der Waals surface area contributed by atoms with Crippen molar-refractivity contribution < 1.29 is 49.6 Å². The molecule has 0 aromatic carbocycles. The van der Waals surface area contributed by atoms with Gasteiger partial charge in [0, 0.05) is 0 Å². The van der Waals surface area contributed by atoms with Crippen LogP contribution in [0.1, 0.15) is 0 Å². The van der Waals surface area contributed by atoms with E-state index in [-0.39, 0.29) is 0 Å². The van der Waals surface area contributed by atoms with Crippen LogP contribution in [0.15, 0.2) is 0 Å². The van der Waals surface area contributed by atoms with Crippen molar-refractivity contribution in [1.29, 1.82) is 0 Å². The molecule has 0 aromatic rings. The van der Waals surface area contributed by atoms with Crippen LogP contribution in [0, 0.1) is 0 Å². The highest BCUT2D eigenvalue weighted by molar-refractivity contribution is 5.73. The predicted octanol–water partition coefficient (Wildman–Crippen LogP) is -5.37. The molecule has 2 aliphatic rings. The Kier molecular flexibility index (Phi) is 6.09. The SMILES string of the molecule is N[C@H]1[C@H](O[C@H]2[C@H](O)[C@@H](N)C(O)O[C@@H]2CO)O[C@H](C(=O)O)[C@@H](O)[C@@H]1O. The summed E-state index contributed by atoms with van der Waals surface area (Å²) in [5.74, 6) is -1.55. The van der Waals surface area contributed by atoms with Crippen molar-refractivity contribution in [2.45, 2.75) is 61.3 Å². The summed E-state index contributed by atoms with van der Waals surface area (Å²) in [5.41, 5.74) is 11.2. The molecule has 10 atom stereocenters. The van der Waals surface area contributed by atoms with Crippen molar-refractivity contribution in [3.63, 3.8) is 0 Å². The predicted molar refractivity (Wildman–Crippen MR) is 73.1 cm³/mol. The summed E-state index contributed by atoms with van der Waals surface area (Å²) in [6.07, 6.45) is -12.3. The zero-order valence-corrected chi connectivity index (χ0v) is 12.5. The van der Waals surface area contributed by atoms with Crippen LogP contribution in [0.25, 0.3) is 0 Å². The normalized spacial score (nSPS) is 49.8. The van der Waals surface area contributed by atoms with Gasteiger partial charge in [-0.25, -0.2) is 4.79 Å². The number of nitrogens with two attached hydrogens (primary N) is 2. The van der Waals surface area contributed by atoms with E-state index in [1.54, 1.807) is 0 Å². The first kappa shape index (κ1) is 19.4. The Morgan fingerprint density at radius 2 is 1.62 bits per heavy atom. The Morgan fingerprint density at radius 1 is 1.00 bits per heavy atom. The van der Waals surface area contributed by atoms with E-state index < -0.39 is 73.9 Å². The van der Waals surface area contributed by atoms with Crippen LogP contribution in [0.5, 0.6) is 0 Å². The summed E-state index contributed by atoms with van der Waals surface area (Å²) in [6, 6.07) is -2.60. The van der Waals surface area contributed by atoms with Crippen LogP contribution in [-0.2, 0) is 19.0 Å². The van der Waals surface area contributed by atoms with E-state index in [4.69, 9.17) is 30.8 Å². The average Bonchev–Trinajstić information content (AvgIpc) is 2.54. The summed E-state index contributed by atoms with van der Waals surface area (Å²) in [7, 11) is 0. The molecule has 2 aliphatic heterocycles. The van der Waals surface area contributed by atoms with E-state index in [1.165, 1.54) is 0 Å². The first-order valence-electron chi connectivity index (χ1n) is 7.22. The van der Waals surface area contributed by atoms with Gasteiger partial charge in [0.2, 0.25) is 0 Å². The molecule has 2 saturated heterocycles. The molecule has 0 saturated carbocycles. The van der Waals surface area contributed by atoms with Gasteiger partial charge in [-0.05, 0) is 0 Å². The van der Waals surface area contributed by atoms with Gasteiger partial charge in [-0.3, -0.25) is 0 Å². The molecule has 140 valence electrons. The Bertz CT molecular complexity index is 452. The van der Waals surface area contributed by atoms with Crippen molar-refractivity contribution >= 4 is 5.97 Å². The molecule has 0 radical (unpaired) electrons. The minimum absolute atomic E-state index is 0.652. The maximum Gasteiger partial charge on any atom is 0.335 e. The molecule has 12 heteroatoms. The van der Waals surface area contributed by atoms with Gasteiger partial charge in [0.25, 0.3) is 0 Å². The summed E-state index contributed by atoms with van der Waals surface area (Å²) < 4.78 is 15.4. The second kappa shape index (κ2) is 7.53. The number of carbonyl (C=O) groups is 1. The molecule has 0 aliphatic carbocycles. The lowest BCUT2D eigenvalue weighted by molar-refractivity contribution is -0.319. The molecule has 24 heavy (non-hydrogen) atoms. The molecule has 12 nitrogen and oxygen atoms in total. The van der Waals surface area contributed by atoms with Gasteiger partial charge >= 0.3 is 5.97 Å². The molecule has 2 fully saturated rings. The zero-order chi connectivity index (χ0) is 18.2. The highest BCUT2D eigenvalue weighted by atomic mass is 16.7. The lowest BCUT2D eigenvalue weighted by atomic mass is 9.95. The number of hydrogen-bond acceptors (Lipinski definition) is 11. The second-order valence-corrected chi connectivity index (χ2v) is 5.74.